The Morgan fingerprint density at radius 3 is 2.97 bits per heavy atom. The highest BCUT2D eigenvalue weighted by molar-refractivity contribution is 7.99. The number of methoxy groups -OCH3 is 1. The second-order valence-electron chi connectivity index (χ2n) is 8.30. The van der Waals surface area contributed by atoms with Crippen LogP contribution in [0, 0.1) is 0 Å². The number of ether oxygens (including phenoxy) is 1. The Morgan fingerprint density at radius 1 is 1.28 bits per heavy atom. The molecule has 6 rings (SSSR count). The summed E-state index contributed by atoms with van der Waals surface area (Å²) in [5.74, 6) is 2.48. The number of fused-ring (bicyclic) bond motifs is 3. The van der Waals surface area contributed by atoms with Crippen LogP contribution in [0.25, 0.3) is 15.9 Å². The van der Waals surface area contributed by atoms with E-state index in [1.165, 1.54) is 22.2 Å². The van der Waals surface area contributed by atoms with Crippen LogP contribution in [0.4, 0.5) is 0 Å². The molecule has 0 bridgehead atoms. The number of hydrogen-bond donors (Lipinski definition) is 0. The lowest BCUT2D eigenvalue weighted by atomic mass is 10.2. The van der Waals surface area contributed by atoms with Crippen molar-refractivity contribution < 1.29 is 9.26 Å². The number of nitrogens with zero attached hydrogens (tertiary/aromatic N) is 4. The van der Waals surface area contributed by atoms with Crippen molar-refractivity contribution in [1.82, 2.24) is 19.7 Å². The summed E-state index contributed by atoms with van der Waals surface area (Å²) in [6, 6.07) is 7.54. The largest absolute Gasteiger partial charge is 0.497 e. The molecule has 1 atom stereocenters. The van der Waals surface area contributed by atoms with Crippen LogP contribution in [0.15, 0.2) is 38.7 Å². The van der Waals surface area contributed by atoms with E-state index in [1.54, 1.807) is 23.0 Å². The number of thioether (sulfide) groups is 1. The second kappa shape index (κ2) is 7.74. The molecule has 7 nitrogen and oxygen atoms in total. The minimum absolute atomic E-state index is 0.0263. The van der Waals surface area contributed by atoms with Crippen LogP contribution in [-0.2, 0) is 12.8 Å². The molecule has 1 saturated carbocycles. The van der Waals surface area contributed by atoms with Crippen molar-refractivity contribution in [3.05, 3.63) is 56.8 Å². The van der Waals surface area contributed by atoms with Gasteiger partial charge in [0.2, 0.25) is 5.89 Å². The van der Waals surface area contributed by atoms with Gasteiger partial charge in [-0.05, 0) is 56.7 Å². The van der Waals surface area contributed by atoms with E-state index in [0.717, 1.165) is 53.8 Å². The highest BCUT2D eigenvalue weighted by atomic mass is 32.2. The van der Waals surface area contributed by atoms with E-state index in [-0.39, 0.29) is 10.8 Å². The molecule has 1 fully saturated rings. The van der Waals surface area contributed by atoms with Gasteiger partial charge in [0, 0.05) is 16.9 Å². The number of hydrogen-bond acceptors (Lipinski definition) is 8. The average Bonchev–Trinajstić information content (AvgIpc) is 3.19. The normalized spacial score (nSPS) is 16.4. The first kappa shape index (κ1) is 20.0. The molecule has 9 heteroatoms. The Labute approximate surface area is 192 Å². The van der Waals surface area contributed by atoms with Crippen LogP contribution >= 0.6 is 23.1 Å². The SMILES string of the molecule is COc1cccc(-n2c(S[C@@H](C)c3nc(C4CC4)no3)nc3sc4c(c3c2=O)CCC4)c1. The van der Waals surface area contributed by atoms with Gasteiger partial charge in [-0.3, -0.25) is 9.36 Å². The van der Waals surface area contributed by atoms with Crippen LogP contribution < -0.4 is 10.3 Å². The molecule has 0 unspecified atom stereocenters. The third-order valence-electron chi connectivity index (χ3n) is 6.05. The monoisotopic (exact) mass is 466 g/mol. The molecule has 0 N–H and O–H groups in total. The average molecular weight is 467 g/mol. The zero-order valence-corrected chi connectivity index (χ0v) is 19.5. The molecule has 0 saturated heterocycles. The molecule has 0 spiro atoms. The molecule has 164 valence electrons. The predicted molar refractivity (Wildman–Crippen MR) is 124 cm³/mol. The van der Waals surface area contributed by atoms with Gasteiger partial charge in [0.15, 0.2) is 11.0 Å². The highest BCUT2D eigenvalue weighted by Crippen LogP contribution is 2.41. The first-order valence-corrected chi connectivity index (χ1v) is 12.5. The highest BCUT2D eigenvalue weighted by Gasteiger charge is 2.30. The molecule has 3 heterocycles. The van der Waals surface area contributed by atoms with Crippen molar-refractivity contribution in [2.75, 3.05) is 7.11 Å². The van der Waals surface area contributed by atoms with Crippen LogP contribution in [0.5, 0.6) is 5.75 Å². The lowest BCUT2D eigenvalue weighted by Gasteiger charge is -2.15. The molecule has 0 radical (unpaired) electrons. The summed E-state index contributed by atoms with van der Waals surface area (Å²) < 4.78 is 12.6. The van der Waals surface area contributed by atoms with Crippen LogP contribution in [-0.4, -0.2) is 26.8 Å². The molecular formula is C23H22N4O3S2. The summed E-state index contributed by atoms with van der Waals surface area (Å²) in [5, 5.41) is 5.39. The molecule has 1 aromatic carbocycles. The zero-order valence-electron chi connectivity index (χ0n) is 17.8. The molecule has 32 heavy (non-hydrogen) atoms. The van der Waals surface area contributed by atoms with Gasteiger partial charge in [0.1, 0.15) is 10.6 Å². The third kappa shape index (κ3) is 3.34. The summed E-state index contributed by atoms with van der Waals surface area (Å²) in [6.07, 6.45) is 5.32. The van der Waals surface area contributed by atoms with E-state index in [0.29, 0.717) is 22.7 Å². The Hall–Kier alpha value is -2.65. The fraction of sp³-hybridized carbons (Fsp3) is 0.391. The van der Waals surface area contributed by atoms with Gasteiger partial charge in [-0.15, -0.1) is 11.3 Å². The number of rotatable bonds is 6. The summed E-state index contributed by atoms with van der Waals surface area (Å²) in [7, 11) is 1.62. The predicted octanol–water partition coefficient (Wildman–Crippen LogP) is 5.06. The van der Waals surface area contributed by atoms with Gasteiger partial charge >= 0.3 is 0 Å². The van der Waals surface area contributed by atoms with Crippen molar-refractivity contribution in [3.63, 3.8) is 0 Å². The van der Waals surface area contributed by atoms with E-state index >= 15 is 0 Å². The summed E-state index contributed by atoms with van der Waals surface area (Å²) in [6.45, 7) is 2.01. The van der Waals surface area contributed by atoms with Gasteiger partial charge in [0.25, 0.3) is 5.56 Å². The minimum Gasteiger partial charge on any atom is -0.497 e. The Bertz CT molecular complexity index is 1390. The van der Waals surface area contributed by atoms with Gasteiger partial charge in [-0.25, -0.2) is 4.98 Å². The maximum absolute atomic E-state index is 13.8. The van der Waals surface area contributed by atoms with E-state index in [1.807, 2.05) is 31.2 Å². The first-order valence-electron chi connectivity index (χ1n) is 10.8. The van der Waals surface area contributed by atoms with Gasteiger partial charge in [0.05, 0.1) is 23.4 Å². The standard InChI is InChI=1S/C23H22N4O3S2/c1-12(20-24-19(26-30-20)13-9-10-13)31-23-25-21-18(16-7-4-8-17(16)32-21)22(28)27(23)14-5-3-6-15(11-14)29-2/h3,5-6,11-13H,4,7-10H2,1-2H3/t12-/m0/s1. The van der Waals surface area contributed by atoms with E-state index in [4.69, 9.17) is 14.2 Å². The maximum Gasteiger partial charge on any atom is 0.267 e. The maximum atomic E-state index is 13.8. The Balaban J connectivity index is 1.48. The molecule has 0 aliphatic heterocycles. The fourth-order valence-electron chi connectivity index (χ4n) is 4.21. The lowest BCUT2D eigenvalue weighted by molar-refractivity contribution is 0.374. The van der Waals surface area contributed by atoms with Crippen molar-refractivity contribution >= 4 is 33.3 Å². The molecule has 0 amide bonds. The van der Waals surface area contributed by atoms with E-state index in [9.17, 15) is 4.79 Å². The van der Waals surface area contributed by atoms with Gasteiger partial charge in [-0.2, -0.15) is 4.98 Å². The van der Waals surface area contributed by atoms with Gasteiger partial charge in [-0.1, -0.05) is 23.0 Å². The molecule has 2 aliphatic rings. The molecule has 2 aliphatic carbocycles. The molecular weight excluding hydrogens is 444 g/mol. The van der Waals surface area contributed by atoms with Crippen molar-refractivity contribution in [3.8, 4) is 11.4 Å². The lowest BCUT2D eigenvalue weighted by Crippen LogP contribution is -2.22. The number of aryl methyl sites for hydroxylation is 2. The first-order chi connectivity index (χ1) is 15.6. The second-order valence-corrected chi connectivity index (χ2v) is 10.7. The van der Waals surface area contributed by atoms with Crippen molar-refractivity contribution in [2.45, 2.75) is 55.4 Å². The van der Waals surface area contributed by atoms with E-state index in [2.05, 4.69) is 10.1 Å². The van der Waals surface area contributed by atoms with E-state index < -0.39 is 0 Å². The minimum atomic E-state index is -0.136. The third-order valence-corrected chi connectivity index (χ3v) is 8.28. The Kier molecular flexibility index (Phi) is 4.83. The molecule has 4 aromatic rings. The fourth-order valence-corrected chi connectivity index (χ4v) is 6.47. The quantitative estimate of drug-likeness (QED) is 0.290. The number of aromatic nitrogens is 4. The topological polar surface area (TPSA) is 83.0 Å². The summed E-state index contributed by atoms with van der Waals surface area (Å²) in [5.41, 5.74) is 1.89. The van der Waals surface area contributed by atoms with Gasteiger partial charge < -0.3 is 9.26 Å². The van der Waals surface area contributed by atoms with Crippen molar-refractivity contribution in [1.29, 1.82) is 0 Å². The van der Waals surface area contributed by atoms with Crippen molar-refractivity contribution in [2.24, 2.45) is 0 Å². The summed E-state index contributed by atoms with van der Waals surface area (Å²) >= 11 is 3.12. The van der Waals surface area contributed by atoms with Crippen LogP contribution in [0.1, 0.15) is 59.5 Å². The van der Waals surface area contributed by atoms with Crippen LogP contribution in [0.2, 0.25) is 0 Å². The van der Waals surface area contributed by atoms with Crippen LogP contribution in [0.3, 0.4) is 0 Å². The number of thiophene rings is 1. The Morgan fingerprint density at radius 2 is 2.16 bits per heavy atom. The molecule has 3 aromatic heterocycles. The summed E-state index contributed by atoms with van der Waals surface area (Å²) in [4.78, 5) is 25.5. The smallest absolute Gasteiger partial charge is 0.267 e. The zero-order chi connectivity index (χ0) is 21.8. The number of benzene rings is 1.